The average molecular weight is 222 g/mol. The van der Waals surface area contributed by atoms with Crippen LogP contribution < -0.4 is 15.4 Å². The van der Waals surface area contributed by atoms with E-state index < -0.39 is 0 Å². The molecule has 0 aliphatic carbocycles. The van der Waals surface area contributed by atoms with Crippen molar-refractivity contribution >= 4 is 11.7 Å². The summed E-state index contributed by atoms with van der Waals surface area (Å²) in [7, 11) is 1.58. The van der Waals surface area contributed by atoms with E-state index in [2.05, 4.69) is 17.6 Å². The molecule has 1 aromatic carbocycles. The van der Waals surface area contributed by atoms with Crippen LogP contribution in [0.15, 0.2) is 24.3 Å². The summed E-state index contributed by atoms with van der Waals surface area (Å²) >= 11 is 0. The van der Waals surface area contributed by atoms with Gasteiger partial charge in [0.1, 0.15) is 5.75 Å². The molecule has 0 spiro atoms. The first-order valence-corrected chi connectivity index (χ1v) is 5.48. The standard InChI is InChI=1S/C12H18N2O2/c1-3-4-9-16-11-7-5-10(6-8-11)14-12(15)13-2/h5-8H,3-4,9H2,1-2H3,(H2,13,14,15). The molecule has 16 heavy (non-hydrogen) atoms. The van der Waals surface area contributed by atoms with E-state index >= 15 is 0 Å². The summed E-state index contributed by atoms with van der Waals surface area (Å²) in [5, 5.41) is 5.17. The van der Waals surface area contributed by atoms with Gasteiger partial charge in [-0.15, -0.1) is 0 Å². The minimum Gasteiger partial charge on any atom is -0.494 e. The van der Waals surface area contributed by atoms with Gasteiger partial charge in [-0.2, -0.15) is 0 Å². The molecular weight excluding hydrogens is 204 g/mol. The molecule has 0 unspecified atom stereocenters. The maximum Gasteiger partial charge on any atom is 0.318 e. The number of carbonyl (C=O) groups excluding carboxylic acids is 1. The molecular formula is C12H18N2O2. The molecule has 0 radical (unpaired) electrons. The number of benzene rings is 1. The third-order valence-electron chi connectivity index (χ3n) is 2.11. The van der Waals surface area contributed by atoms with Crippen molar-refractivity contribution in [3.63, 3.8) is 0 Å². The van der Waals surface area contributed by atoms with Gasteiger partial charge in [0.2, 0.25) is 0 Å². The molecule has 4 nitrogen and oxygen atoms in total. The second kappa shape index (κ2) is 6.71. The number of anilines is 1. The maximum absolute atomic E-state index is 11.0. The SMILES string of the molecule is CCCCOc1ccc(NC(=O)NC)cc1. The number of hydrogen-bond acceptors (Lipinski definition) is 2. The van der Waals surface area contributed by atoms with Crippen molar-refractivity contribution in [1.82, 2.24) is 5.32 Å². The highest BCUT2D eigenvalue weighted by molar-refractivity contribution is 5.88. The number of urea groups is 1. The number of hydrogen-bond donors (Lipinski definition) is 2. The highest BCUT2D eigenvalue weighted by Gasteiger charge is 1.98. The van der Waals surface area contributed by atoms with Crippen molar-refractivity contribution in [2.75, 3.05) is 19.0 Å². The van der Waals surface area contributed by atoms with Gasteiger partial charge in [0.05, 0.1) is 6.61 Å². The number of ether oxygens (including phenoxy) is 1. The van der Waals surface area contributed by atoms with Gasteiger partial charge < -0.3 is 15.4 Å². The predicted molar refractivity (Wildman–Crippen MR) is 64.9 cm³/mol. The van der Waals surface area contributed by atoms with Crippen LogP contribution >= 0.6 is 0 Å². The summed E-state index contributed by atoms with van der Waals surface area (Å²) in [5.74, 6) is 0.830. The van der Waals surface area contributed by atoms with E-state index in [0.29, 0.717) is 0 Å². The lowest BCUT2D eigenvalue weighted by molar-refractivity contribution is 0.254. The first-order valence-electron chi connectivity index (χ1n) is 5.48. The third kappa shape index (κ3) is 4.21. The largest absolute Gasteiger partial charge is 0.494 e. The van der Waals surface area contributed by atoms with Gasteiger partial charge in [-0.05, 0) is 30.7 Å². The van der Waals surface area contributed by atoms with Gasteiger partial charge in [-0.25, -0.2) is 4.79 Å². The van der Waals surface area contributed by atoms with Crippen molar-refractivity contribution in [3.8, 4) is 5.75 Å². The number of rotatable bonds is 5. The van der Waals surface area contributed by atoms with E-state index in [9.17, 15) is 4.79 Å². The summed E-state index contributed by atoms with van der Waals surface area (Å²) < 4.78 is 5.50. The first-order chi connectivity index (χ1) is 7.76. The molecule has 0 fully saturated rings. The van der Waals surface area contributed by atoms with Gasteiger partial charge in [-0.3, -0.25) is 0 Å². The number of unbranched alkanes of at least 4 members (excludes halogenated alkanes) is 1. The molecule has 0 aromatic heterocycles. The van der Waals surface area contributed by atoms with E-state index in [1.807, 2.05) is 24.3 Å². The fourth-order valence-electron chi connectivity index (χ4n) is 1.16. The molecule has 0 saturated heterocycles. The summed E-state index contributed by atoms with van der Waals surface area (Å²) in [6.45, 7) is 2.86. The summed E-state index contributed by atoms with van der Waals surface area (Å²) in [4.78, 5) is 11.0. The van der Waals surface area contributed by atoms with Crippen LogP contribution in [0.25, 0.3) is 0 Å². The topological polar surface area (TPSA) is 50.4 Å². The Morgan fingerprint density at radius 2 is 2.00 bits per heavy atom. The Hall–Kier alpha value is -1.71. The highest BCUT2D eigenvalue weighted by Crippen LogP contribution is 2.15. The van der Waals surface area contributed by atoms with Crippen molar-refractivity contribution in [1.29, 1.82) is 0 Å². The Bertz CT molecular complexity index is 322. The molecule has 0 heterocycles. The van der Waals surface area contributed by atoms with Gasteiger partial charge in [-0.1, -0.05) is 13.3 Å². The van der Waals surface area contributed by atoms with Crippen molar-refractivity contribution in [2.24, 2.45) is 0 Å². The van der Waals surface area contributed by atoms with Crippen LogP contribution in [0.2, 0.25) is 0 Å². The molecule has 1 rings (SSSR count). The van der Waals surface area contributed by atoms with Crippen LogP contribution in [0.1, 0.15) is 19.8 Å². The smallest absolute Gasteiger partial charge is 0.318 e. The number of nitrogens with one attached hydrogen (secondary N) is 2. The number of carbonyl (C=O) groups is 1. The Kier molecular flexibility index (Phi) is 5.19. The zero-order chi connectivity index (χ0) is 11.8. The maximum atomic E-state index is 11.0. The van der Waals surface area contributed by atoms with Crippen LogP contribution in [-0.4, -0.2) is 19.7 Å². The van der Waals surface area contributed by atoms with Crippen molar-refractivity contribution in [3.05, 3.63) is 24.3 Å². The van der Waals surface area contributed by atoms with Crippen molar-refractivity contribution in [2.45, 2.75) is 19.8 Å². The Morgan fingerprint density at radius 1 is 1.31 bits per heavy atom. The first kappa shape index (κ1) is 12.4. The quantitative estimate of drug-likeness (QED) is 0.752. The molecule has 0 bridgehead atoms. The second-order valence-electron chi connectivity index (χ2n) is 3.43. The molecule has 1 aromatic rings. The van der Waals surface area contributed by atoms with Gasteiger partial charge in [0, 0.05) is 12.7 Å². The van der Waals surface area contributed by atoms with Crippen LogP contribution in [-0.2, 0) is 0 Å². The molecule has 2 amide bonds. The van der Waals surface area contributed by atoms with Crippen LogP contribution in [0.5, 0.6) is 5.75 Å². The van der Waals surface area contributed by atoms with E-state index in [4.69, 9.17) is 4.74 Å². The van der Waals surface area contributed by atoms with Gasteiger partial charge in [0.15, 0.2) is 0 Å². The fraction of sp³-hybridized carbons (Fsp3) is 0.417. The third-order valence-corrected chi connectivity index (χ3v) is 2.11. The molecule has 0 aliphatic rings. The second-order valence-corrected chi connectivity index (χ2v) is 3.43. The molecule has 4 heteroatoms. The Labute approximate surface area is 96.0 Å². The minimum absolute atomic E-state index is 0.223. The van der Waals surface area contributed by atoms with Gasteiger partial charge >= 0.3 is 6.03 Å². The predicted octanol–water partition coefficient (Wildman–Crippen LogP) is 2.62. The van der Waals surface area contributed by atoms with E-state index in [-0.39, 0.29) is 6.03 Å². The lowest BCUT2D eigenvalue weighted by Crippen LogP contribution is -2.24. The minimum atomic E-state index is -0.223. The average Bonchev–Trinajstić information content (AvgIpc) is 2.31. The summed E-state index contributed by atoms with van der Waals surface area (Å²) in [5.41, 5.74) is 0.752. The molecule has 88 valence electrons. The normalized spacial score (nSPS) is 9.62. The zero-order valence-electron chi connectivity index (χ0n) is 9.75. The molecule has 2 N–H and O–H groups in total. The van der Waals surface area contributed by atoms with Crippen LogP contribution in [0.4, 0.5) is 10.5 Å². The zero-order valence-corrected chi connectivity index (χ0v) is 9.75. The summed E-state index contributed by atoms with van der Waals surface area (Å²) in [6, 6.07) is 7.11. The molecule has 0 aliphatic heterocycles. The highest BCUT2D eigenvalue weighted by atomic mass is 16.5. The van der Waals surface area contributed by atoms with Crippen LogP contribution in [0.3, 0.4) is 0 Å². The lowest BCUT2D eigenvalue weighted by Gasteiger charge is -2.07. The van der Waals surface area contributed by atoms with Gasteiger partial charge in [0.25, 0.3) is 0 Å². The van der Waals surface area contributed by atoms with Crippen LogP contribution in [0, 0.1) is 0 Å². The van der Waals surface area contributed by atoms with Crippen molar-refractivity contribution < 1.29 is 9.53 Å². The fourth-order valence-corrected chi connectivity index (χ4v) is 1.16. The van der Waals surface area contributed by atoms with E-state index in [1.54, 1.807) is 7.05 Å². The molecule has 0 atom stereocenters. The monoisotopic (exact) mass is 222 g/mol. The van der Waals surface area contributed by atoms with E-state index in [1.165, 1.54) is 0 Å². The summed E-state index contributed by atoms with van der Waals surface area (Å²) in [6.07, 6.45) is 2.18. The van der Waals surface area contributed by atoms with E-state index in [0.717, 1.165) is 30.9 Å². The lowest BCUT2D eigenvalue weighted by atomic mass is 10.3. The Balaban J connectivity index is 2.44. The molecule has 0 saturated carbocycles. The Morgan fingerprint density at radius 3 is 2.56 bits per heavy atom. The number of amides is 2.